The number of phenols is 2. The Balaban J connectivity index is 0.00000144. The standard InChI is InChI=1S/C13H10O3.Na/c14-11-7-3-1-5-9(11)13(16)10-6-2-4-8-12(10)15;/h1-8,14-15H;/q;+1. The molecule has 2 aromatic rings. The summed E-state index contributed by atoms with van der Waals surface area (Å²) >= 11 is 0. The third kappa shape index (κ3) is 2.88. The van der Waals surface area contributed by atoms with Crippen LogP contribution in [0.15, 0.2) is 48.5 Å². The molecular weight excluding hydrogens is 227 g/mol. The molecule has 17 heavy (non-hydrogen) atoms. The summed E-state index contributed by atoms with van der Waals surface area (Å²) in [6.07, 6.45) is 0. The number of ketones is 1. The first-order valence-electron chi connectivity index (χ1n) is 4.81. The summed E-state index contributed by atoms with van der Waals surface area (Å²) in [5, 5.41) is 19.1. The van der Waals surface area contributed by atoms with Gasteiger partial charge in [-0.15, -0.1) is 0 Å². The second-order valence-electron chi connectivity index (χ2n) is 3.36. The second-order valence-corrected chi connectivity index (χ2v) is 3.36. The minimum atomic E-state index is -0.392. The zero-order valence-corrected chi connectivity index (χ0v) is 11.4. The summed E-state index contributed by atoms with van der Waals surface area (Å²) in [4.78, 5) is 12.0. The summed E-state index contributed by atoms with van der Waals surface area (Å²) in [5.41, 5.74) is 0.369. The van der Waals surface area contributed by atoms with Crippen LogP contribution in [0.5, 0.6) is 11.5 Å². The van der Waals surface area contributed by atoms with Crippen molar-refractivity contribution in [3.8, 4) is 11.5 Å². The molecule has 0 bridgehead atoms. The fraction of sp³-hybridized carbons (Fsp3) is 0. The molecule has 0 unspecified atom stereocenters. The number of rotatable bonds is 2. The van der Waals surface area contributed by atoms with Crippen LogP contribution >= 0.6 is 0 Å². The molecule has 0 aliphatic heterocycles. The van der Waals surface area contributed by atoms with Crippen molar-refractivity contribution < 1.29 is 44.6 Å². The van der Waals surface area contributed by atoms with E-state index in [4.69, 9.17) is 0 Å². The van der Waals surface area contributed by atoms with Gasteiger partial charge in [-0.05, 0) is 24.3 Å². The van der Waals surface area contributed by atoms with Gasteiger partial charge in [0.2, 0.25) is 0 Å². The Morgan fingerprint density at radius 1 is 0.765 bits per heavy atom. The third-order valence-electron chi connectivity index (χ3n) is 2.30. The topological polar surface area (TPSA) is 57.5 Å². The van der Waals surface area contributed by atoms with Crippen LogP contribution in [0.4, 0.5) is 0 Å². The van der Waals surface area contributed by atoms with E-state index in [0.29, 0.717) is 0 Å². The van der Waals surface area contributed by atoms with Gasteiger partial charge in [-0.25, -0.2) is 0 Å². The Hall–Kier alpha value is -1.29. The van der Waals surface area contributed by atoms with Gasteiger partial charge in [-0.2, -0.15) is 0 Å². The van der Waals surface area contributed by atoms with Crippen LogP contribution in [0, 0.1) is 0 Å². The maximum atomic E-state index is 12.0. The van der Waals surface area contributed by atoms with Crippen molar-refractivity contribution in [1.29, 1.82) is 0 Å². The third-order valence-corrected chi connectivity index (χ3v) is 2.30. The summed E-state index contributed by atoms with van der Waals surface area (Å²) in [6.45, 7) is 0. The molecule has 0 aliphatic rings. The molecule has 80 valence electrons. The van der Waals surface area contributed by atoms with Gasteiger partial charge in [-0.1, -0.05) is 24.3 Å². The van der Waals surface area contributed by atoms with E-state index in [1.165, 1.54) is 24.3 Å². The van der Waals surface area contributed by atoms with Gasteiger partial charge in [0.05, 0.1) is 11.1 Å². The molecule has 0 fully saturated rings. The molecule has 0 aliphatic carbocycles. The maximum absolute atomic E-state index is 12.0. The van der Waals surface area contributed by atoms with Crippen LogP contribution in [0.25, 0.3) is 0 Å². The van der Waals surface area contributed by atoms with Crippen molar-refractivity contribution in [2.24, 2.45) is 0 Å². The minimum absolute atomic E-state index is 0. The number of hydrogen-bond acceptors (Lipinski definition) is 3. The van der Waals surface area contributed by atoms with Crippen molar-refractivity contribution in [3.63, 3.8) is 0 Å². The number of carbonyl (C=O) groups is 1. The maximum Gasteiger partial charge on any atom is 1.00 e. The molecule has 2 rings (SSSR count). The monoisotopic (exact) mass is 237 g/mol. The van der Waals surface area contributed by atoms with Crippen LogP contribution in [-0.4, -0.2) is 16.0 Å². The van der Waals surface area contributed by atoms with Crippen molar-refractivity contribution in [1.82, 2.24) is 0 Å². The molecule has 2 aromatic carbocycles. The van der Waals surface area contributed by atoms with Crippen LogP contribution in [-0.2, 0) is 0 Å². The average molecular weight is 237 g/mol. The Labute approximate surface area is 121 Å². The molecule has 0 heterocycles. The van der Waals surface area contributed by atoms with Crippen LogP contribution < -0.4 is 29.6 Å². The van der Waals surface area contributed by atoms with E-state index in [9.17, 15) is 15.0 Å². The van der Waals surface area contributed by atoms with Crippen LogP contribution in [0.1, 0.15) is 15.9 Å². The number of para-hydroxylation sites is 2. The minimum Gasteiger partial charge on any atom is -0.507 e. The molecule has 0 saturated carbocycles. The molecule has 0 saturated heterocycles. The fourth-order valence-corrected chi connectivity index (χ4v) is 1.48. The molecule has 0 radical (unpaired) electrons. The van der Waals surface area contributed by atoms with Crippen molar-refractivity contribution in [2.75, 3.05) is 0 Å². The van der Waals surface area contributed by atoms with Gasteiger partial charge in [-0.3, -0.25) is 4.79 Å². The van der Waals surface area contributed by atoms with Crippen molar-refractivity contribution in [2.45, 2.75) is 0 Å². The zero-order chi connectivity index (χ0) is 11.5. The predicted octanol–water partition coefficient (Wildman–Crippen LogP) is -0.667. The predicted molar refractivity (Wildman–Crippen MR) is 59.6 cm³/mol. The Morgan fingerprint density at radius 3 is 1.47 bits per heavy atom. The number of hydrogen-bond donors (Lipinski definition) is 2. The number of aromatic hydroxyl groups is 2. The van der Waals surface area contributed by atoms with E-state index in [0.717, 1.165) is 0 Å². The molecule has 0 amide bonds. The fourth-order valence-electron chi connectivity index (χ4n) is 1.48. The van der Waals surface area contributed by atoms with E-state index in [1.54, 1.807) is 24.3 Å². The largest absolute Gasteiger partial charge is 1.00 e. The molecule has 0 atom stereocenters. The summed E-state index contributed by atoms with van der Waals surface area (Å²) in [5.74, 6) is -0.567. The Kier molecular flexibility index (Phi) is 4.75. The van der Waals surface area contributed by atoms with Gasteiger partial charge in [0, 0.05) is 0 Å². The first kappa shape index (κ1) is 13.8. The zero-order valence-electron chi connectivity index (χ0n) is 9.42. The van der Waals surface area contributed by atoms with E-state index in [1.807, 2.05) is 0 Å². The van der Waals surface area contributed by atoms with Gasteiger partial charge in [0.25, 0.3) is 0 Å². The number of benzene rings is 2. The molecule has 2 N–H and O–H groups in total. The Morgan fingerprint density at radius 2 is 1.12 bits per heavy atom. The molecule has 3 nitrogen and oxygen atoms in total. The van der Waals surface area contributed by atoms with Gasteiger partial charge < -0.3 is 10.2 Å². The molecule has 0 spiro atoms. The molecular formula is C13H10NaO3+. The van der Waals surface area contributed by atoms with Crippen LogP contribution in [0.3, 0.4) is 0 Å². The number of carbonyl (C=O) groups excluding carboxylic acids is 1. The first-order valence-corrected chi connectivity index (χ1v) is 4.81. The summed E-state index contributed by atoms with van der Waals surface area (Å²) in [7, 11) is 0. The average Bonchev–Trinajstić information content (AvgIpc) is 2.29. The smallest absolute Gasteiger partial charge is 0.507 e. The van der Waals surface area contributed by atoms with E-state index >= 15 is 0 Å². The quantitative estimate of drug-likeness (QED) is 0.538. The second kappa shape index (κ2) is 5.87. The van der Waals surface area contributed by atoms with E-state index in [2.05, 4.69) is 0 Å². The molecule has 4 heteroatoms. The number of phenolic OH excluding ortho intramolecular Hbond substituents is 2. The summed E-state index contributed by atoms with van der Waals surface area (Å²) < 4.78 is 0. The van der Waals surface area contributed by atoms with Crippen molar-refractivity contribution in [3.05, 3.63) is 59.7 Å². The van der Waals surface area contributed by atoms with Gasteiger partial charge >= 0.3 is 29.6 Å². The SMILES string of the molecule is O=C(c1ccccc1O)c1ccccc1O.[Na+]. The van der Waals surface area contributed by atoms with E-state index in [-0.39, 0.29) is 52.2 Å². The normalized spacial score (nSPS) is 9.41. The van der Waals surface area contributed by atoms with Crippen molar-refractivity contribution >= 4 is 5.78 Å². The molecule has 0 aromatic heterocycles. The Bertz CT molecular complexity index is 490. The van der Waals surface area contributed by atoms with Gasteiger partial charge in [0.15, 0.2) is 5.78 Å². The summed E-state index contributed by atoms with van der Waals surface area (Å²) in [6, 6.07) is 12.5. The van der Waals surface area contributed by atoms with Gasteiger partial charge in [0.1, 0.15) is 11.5 Å². The van der Waals surface area contributed by atoms with E-state index < -0.39 is 5.78 Å². The van der Waals surface area contributed by atoms with Crippen LogP contribution in [0.2, 0.25) is 0 Å². The first-order chi connectivity index (χ1) is 7.70.